The van der Waals surface area contributed by atoms with Gasteiger partial charge in [-0.25, -0.2) is 6.07 Å². The van der Waals surface area contributed by atoms with Crippen LogP contribution in [0.4, 0.5) is 0 Å². The summed E-state index contributed by atoms with van der Waals surface area (Å²) >= 11 is 3.28. The first-order chi connectivity index (χ1) is 6.33. The average Bonchev–Trinajstić information content (AvgIpc) is 2.76. The Balaban J connectivity index is 0.000000227. The summed E-state index contributed by atoms with van der Waals surface area (Å²) < 4.78 is 1.16. The van der Waals surface area contributed by atoms with Gasteiger partial charge in [0.05, 0.1) is 0 Å². The van der Waals surface area contributed by atoms with E-state index in [1.807, 2.05) is 48.5 Å². The van der Waals surface area contributed by atoms with Crippen LogP contribution in [0.3, 0.4) is 0 Å². The number of hydrogen-bond donors (Lipinski definition) is 0. The predicted octanol–water partition coefficient (Wildman–Crippen LogP) is 3.55. The Morgan fingerprint density at radius 1 is 1.14 bits per heavy atom. The van der Waals surface area contributed by atoms with Crippen molar-refractivity contribution in [2.45, 2.75) is 0 Å². The maximum atomic E-state index is 5.04. The number of rotatable bonds is 0. The van der Waals surface area contributed by atoms with E-state index in [0.717, 1.165) is 10.0 Å². The van der Waals surface area contributed by atoms with Crippen molar-refractivity contribution in [3.8, 4) is 12.3 Å². The van der Waals surface area contributed by atoms with Crippen LogP contribution < -0.4 is 0 Å². The van der Waals surface area contributed by atoms with E-state index >= 15 is 0 Å². The summed E-state index contributed by atoms with van der Waals surface area (Å²) in [6.07, 6.45) is 5.04. The third-order valence-corrected chi connectivity index (χ3v) is 1.98. The second kappa shape index (κ2) is 7.64. The molecule has 0 atom stereocenters. The molecule has 0 saturated heterocycles. The zero-order valence-electron chi connectivity index (χ0n) is 7.43. The molecule has 0 unspecified atom stereocenters. The van der Waals surface area contributed by atoms with Gasteiger partial charge in [-0.05, 0) is 0 Å². The SMILES string of the molecule is Brc1ccc[cH-]1.C#Cc1ccc[cH-]1.[Fe+2]. The molecule has 2 rings (SSSR count). The first-order valence-corrected chi connectivity index (χ1v) is 4.68. The van der Waals surface area contributed by atoms with Gasteiger partial charge in [-0.3, -0.25) is 0 Å². The fourth-order valence-corrected chi connectivity index (χ4v) is 1.13. The van der Waals surface area contributed by atoms with Crippen LogP contribution in [0.15, 0.2) is 53.0 Å². The van der Waals surface area contributed by atoms with Crippen molar-refractivity contribution in [1.29, 1.82) is 0 Å². The zero-order valence-corrected chi connectivity index (χ0v) is 10.1. The van der Waals surface area contributed by atoms with Gasteiger partial charge in [-0.15, -0.1) is 16.1 Å². The molecule has 0 aromatic heterocycles. The van der Waals surface area contributed by atoms with Crippen LogP contribution in [-0.4, -0.2) is 0 Å². The molecular weight excluding hydrogens is 280 g/mol. The Kier molecular flexibility index (Phi) is 7.24. The largest absolute Gasteiger partial charge is 2.00 e. The monoisotopic (exact) mass is 288 g/mol. The molecule has 2 aromatic carbocycles. The van der Waals surface area contributed by atoms with Gasteiger partial charge < -0.3 is 0 Å². The smallest absolute Gasteiger partial charge is 0.213 e. The standard InChI is InChI=1S/C7H5.C5H4Br.Fe/c1-2-7-5-3-4-6-7;6-5-3-1-2-4-5;/h1,3-6H;1-4H;/q2*-1;+2. The molecule has 2 aromatic rings. The number of hydrogen-bond acceptors (Lipinski definition) is 0. The minimum absolute atomic E-state index is 0. The predicted molar refractivity (Wildman–Crippen MR) is 59.7 cm³/mol. The molecule has 0 bridgehead atoms. The third-order valence-electron chi connectivity index (χ3n) is 1.45. The molecule has 0 N–H and O–H groups in total. The molecule has 0 aliphatic heterocycles. The molecule has 0 fully saturated rings. The van der Waals surface area contributed by atoms with E-state index in [1.54, 1.807) is 0 Å². The fraction of sp³-hybridized carbons (Fsp3) is 0. The molecule has 0 nitrogen and oxygen atoms in total. The van der Waals surface area contributed by atoms with Crippen molar-refractivity contribution < 1.29 is 17.1 Å². The molecule has 0 radical (unpaired) electrons. The molecule has 0 amide bonds. The van der Waals surface area contributed by atoms with Crippen molar-refractivity contribution in [2.24, 2.45) is 0 Å². The van der Waals surface area contributed by atoms with Crippen molar-refractivity contribution in [1.82, 2.24) is 0 Å². The molecule has 0 aliphatic rings. The number of halogens is 1. The van der Waals surface area contributed by atoms with Crippen LogP contribution in [0, 0.1) is 12.3 Å². The van der Waals surface area contributed by atoms with Crippen molar-refractivity contribution in [3.05, 3.63) is 58.6 Å². The molecule has 72 valence electrons. The van der Waals surface area contributed by atoms with E-state index in [0.29, 0.717) is 0 Å². The van der Waals surface area contributed by atoms with Gasteiger partial charge in [-0.2, -0.15) is 48.7 Å². The first kappa shape index (κ1) is 13.3. The molecular formula is C12H9BrFe. The van der Waals surface area contributed by atoms with E-state index in [9.17, 15) is 0 Å². The molecule has 2 heteroatoms. The zero-order chi connectivity index (χ0) is 9.52. The second-order valence-electron chi connectivity index (χ2n) is 2.42. The third kappa shape index (κ3) is 5.09. The van der Waals surface area contributed by atoms with Gasteiger partial charge in [0.2, 0.25) is 0 Å². The van der Waals surface area contributed by atoms with Gasteiger partial charge in [0, 0.05) is 0 Å². The van der Waals surface area contributed by atoms with Gasteiger partial charge >= 0.3 is 17.1 Å². The van der Waals surface area contributed by atoms with Gasteiger partial charge in [0.25, 0.3) is 0 Å². The van der Waals surface area contributed by atoms with E-state index in [4.69, 9.17) is 6.42 Å². The van der Waals surface area contributed by atoms with Gasteiger partial charge in [0.15, 0.2) is 0 Å². The Labute approximate surface area is 104 Å². The van der Waals surface area contributed by atoms with Crippen molar-refractivity contribution in [3.63, 3.8) is 0 Å². The van der Waals surface area contributed by atoms with E-state index in [-0.39, 0.29) is 17.1 Å². The van der Waals surface area contributed by atoms with Crippen LogP contribution in [0.2, 0.25) is 0 Å². The van der Waals surface area contributed by atoms with Crippen LogP contribution in [0.5, 0.6) is 0 Å². The normalized spacial score (nSPS) is 7.71. The minimum Gasteiger partial charge on any atom is -0.213 e. The van der Waals surface area contributed by atoms with E-state index < -0.39 is 0 Å². The van der Waals surface area contributed by atoms with Crippen molar-refractivity contribution >= 4 is 15.9 Å². The summed E-state index contributed by atoms with van der Waals surface area (Å²) in [5, 5.41) is 0. The minimum atomic E-state index is 0. The molecule has 0 aliphatic carbocycles. The molecule has 0 saturated carbocycles. The summed E-state index contributed by atoms with van der Waals surface area (Å²) in [6.45, 7) is 0. The maximum absolute atomic E-state index is 5.04. The van der Waals surface area contributed by atoms with Crippen LogP contribution in [0.1, 0.15) is 5.56 Å². The topological polar surface area (TPSA) is 0 Å². The van der Waals surface area contributed by atoms with E-state index in [2.05, 4.69) is 21.9 Å². The summed E-state index contributed by atoms with van der Waals surface area (Å²) in [4.78, 5) is 0. The summed E-state index contributed by atoms with van der Waals surface area (Å²) in [5.74, 6) is 2.51. The summed E-state index contributed by atoms with van der Waals surface area (Å²) in [5.41, 5.74) is 0.958. The Morgan fingerprint density at radius 2 is 1.79 bits per heavy atom. The molecule has 0 spiro atoms. The fourth-order valence-electron chi connectivity index (χ4n) is 0.821. The first-order valence-electron chi connectivity index (χ1n) is 3.88. The van der Waals surface area contributed by atoms with Gasteiger partial charge in [0.1, 0.15) is 0 Å². The van der Waals surface area contributed by atoms with Crippen molar-refractivity contribution in [2.75, 3.05) is 0 Å². The average molecular weight is 289 g/mol. The van der Waals surface area contributed by atoms with Crippen LogP contribution in [0.25, 0.3) is 0 Å². The molecule has 0 heterocycles. The summed E-state index contributed by atoms with van der Waals surface area (Å²) in [6, 6.07) is 15.6. The number of terminal acetylenes is 1. The molecule has 14 heavy (non-hydrogen) atoms. The maximum Gasteiger partial charge on any atom is 2.00 e. The Morgan fingerprint density at radius 3 is 2.00 bits per heavy atom. The Bertz CT molecular complexity index is 351. The van der Waals surface area contributed by atoms with Gasteiger partial charge in [-0.1, -0.05) is 15.9 Å². The van der Waals surface area contributed by atoms with Crippen LogP contribution >= 0.6 is 15.9 Å². The quantitative estimate of drug-likeness (QED) is 0.395. The summed E-state index contributed by atoms with van der Waals surface area (Å²) in [7, 11) is 0. The Hall–Kier alpha value is -0.741. The second-order valence-corrected chi connectivity index (χ2v) is 3.34. The van der Waals surface area contributed by atoms with Crippen LogP contribution in [-0.2, 0) is 17.1 Å². The van der Waals surface area contributed by atoms with E-state index in [1.165, 1.54) is 0 Å².